The molecule has 1 aromatic rings. The number of nitrogens with zero attached hydrogens (tertiary/aromatic N) is 1. The molecule has 7 heteroatoms. The molecule has 1 rings (SSSR count). The molecule has 1 aromatic heterocycles. The number of carbonyl (C=O) groups is 2. The lowest BCUT2D eigenvalue weighted by atomic mass is 10.1. The van der Waals surface area contributed by atoms with E-state index in [1.165, 1.54) is 17.4 Å². The summed E-state index contributed by atoms with van der Waals surface area (Å²) in [4.78, 5) is 27.8. The van der Waals surface area contributed by atoms with Gasteiger partial charge in [0.25, 0.3) is 0 Å². The van der Waals surface area contributed by atoms with Gasteiger partial charge in [-0.1, -0.05) is 0 Å². The standard InChI is InChI=1S/C16H25N3O3S/c1-11-18-12(9-23-11)7-8-13(20)19-16(5,6)10-17-14(21)22-15(2,3)4/h7-9H,10H2,1-6H3,(H,17,21)(H,19,20)/b8-7-. The van der Waals surface area contributed by atoms with Crippen molar-refractivity contribution in [1.29, 1.82) is 0 Å². The lowest BCUT2D eigenvalue weighted by molar-refractivity contribution is -0.117. The summed E-state index contributed by atoms with van der Waals surface area (Å²) in [5.74, 6) is -0.244. The van der Waals surface area contributed by atoms with Crippen LogP contribution in [0.4, 0.5) is 4.79 Å². The average Bonchev–Trinajstić information content (AvgIpc) is 2.78. The van der Waals surface area contributed by atoms with Crippen molar-refractivity contribution in [3.05, 3.63) is 22.2 Å². The summed E-state index contributed by atoms with van der Waals surface area (Å²) in [7, 11) is 0. The second-order valence-corrected chi connectivity index (χ2v) is 7.92. The van der Waals surface area contributed by atoms with Gasteiger partial charge in [-0.2, -0.15) is 0 Å². The number of alkyl carbamates (subject to hydrolysis) is 1. The van der Waals surface area contributed by atoms with E-state index in [4.69, 9.17) is 4.74 Å². The van der Waals surface area contributed by atoms with E-state index in [-0.39, 0.29) is 12.5 Å². The van der Waals surface area contributed by atoms with Crippen LogP contribution in [0, 0.1) is 6.92 Å². The topological polar surface area (TPSA) is 80.3 Å². The highest BCUT2D eigenvalue weighted by molar-refractivity contribution is 7.09. The van der Waals surface area contributed by atoms with Gasteiger partial charge in [-0.3, -0.25) is 4.79 Å². The molecule has 0 unspecified atom stereocenters. The molecule has 0 fully saturated rings. The minimum Gasteiger partial charge on any atom is -0.444 e. The molecule has 6 nitrogen and oxygen atoms in total. The fraction of sp³-hybridized carbons (Fsp3) is 0.562. The van der Waals surface area contributed by atoms with Crippen LogP contribution in [0.25, 0.3) is 6.08 Å². The van der Waals surface area contributed by atoms with Gasteiger partial charge >= 0.3 is 6.09 Å². The van der Waals surface area contributed by atoms with E-state index in [2.05, 4.69) is 15.6 Å². The van der Waals surface area contributed by atoms with Crippen molar-refractivity contribution >= 4 is 29.4 Å². The Hall–Kier alpha value is -1.89. The molecule has 2 amide bonds. The maximum atomic E-state index is 11.9. The molecule has 0 spiro atoms. The summed E-state index contributed by atoms with van der Waals surface area (Å²) in [6.07, 6.45) is 2.59. The van der Waals surface area contributed by atoms with Crippen LogP contribution in [0.2, 0.25) is 0 Å². The molecule has 128 valence electrons. The Morgan fingerprint density at radius 2 is 1.96 bits per heavy atom. The Kier molecular flexibility index (Phi) is 6.32. The first-order valence-electron chi connectivity index (χ1n) is 7.36. The monoisotopic (exact) mass is 339 g/mol. The number of thiazole rings is 1. The molecule has 0 aliphatic heterocycles. The number of carbonyl (C=O) groups excluding carboxylic acids is 2. The number of rotatable bonds is 5. The molecule has 0 radical (unpaired) electrons. The van der Waals surface area contributed by atoms with Gasteiger partial charge in [0, 0.05) is 18.0 Å². The van der Waals surface area contributed by atoms with E-state index in [1.807, 2.05) is 26.2 Å². The van der Waals surface area contributed by atoms with Crippen LogP contribution in [0.15, 0.2) is 11.5 Å². The van der Waals surface area contributed by atoms with E-state index in [9.17, 15) is 9.59 Å². The fourth-order valence-corrected chi connectivity index (χ4v) is 2.23. The summed E-state index contributed by atoms with van der Waals surface area (Å²) in [6.45, 7) is 11.2. The zero-order chi connectivity index (χ0) is 17.7. The number of nitrogens with one attached hydrogen (secondary N) is 2. The van der Waals surface area contributed by atoms with Crippen LogP contribution in [-0.2, 0) is 9.53 Å². The van der Waals surface area contributed by atoms with Crippen molar-refractivity contribution in [2.24, 2.45) is 0 Å². The Bertz CT molecular complexity index is 586. The summed E-state index contributed by atoms with van der Waals surface area (Å²) in [6, 6.07) is 0. The number of amides is 2. The van der Waals surface area contributed by atoms with Gasteiger partial charge in [0.05, 0.1) is 16.2 Å². The minimum atomic E-state index is -0.601. The van der Waals surface area contributed by atoms with E-state index in [0.29, 0.717) is 0 Å². The van der Waals surface area contributed by atoms with E-state index in [0.717, 1.165) is 10.7 Å². The SMILES string of the molecule is Cc1nc(/C=C\C(=O)NC(C)(C)CNC(=O)OC(C)(C)C)cs1. The minimum absolute atomic E-state index is 0.244. The van der Waals surface area contributed by atoms with Crippen molar-refractivity contribution in [1.82, 2.24) is 15.6 Å². The van der Waals surface area contributed by atoms with Crippen LogP contribution >= 0.6 is 11.3 Å². The van der Waals surface area contributed by atoms with Crippen molar-refractivity contribution in [3.63, 3.8) is 0 Å². The van der Waals surface area contributed by atoms with Gasteiger partial charge in [0.2, 0.25) is 5.91 Å². The first-order valence-corrected chi connectivity index (χ1v) is 8.24. The molecule has 0 bridgehead atoms. The first-order chi connectivity index (χ1) is 10.5. The van der Waals surface area contributed by atoms with Crippen molar-refractivity contribution in [2.45, 2.75) is 52.7 Å². The molecule has 1 heterocycles. The lowest BCUT2D eigenvalue weighted by Gasteiger charge is -2.27. The molecule has 0 aliphatic carbocycles. The normalized spacial score (nSPS) is 12.3. The van der Waals surface area contributed by atoms with Gasteiger partial charge in [-0.15, -0.1) is 11.3 Å². The summed E-state index contributed by atoms with van der Waals surface area (Å²) >= 11 is 1.53. The summed E-state index contributed by atoms with van der Waals surface area (Å²) in [5.41, 5.74) is -0.394. The quantitative estimate of drug-likeness (QED) is 0.808. The Morgan fingerprint density at radius 3 is 2.48 bits per heavy atom. The number of aryl methyl sites for hydroxylation is 1. The zero-order valence-corrected chi connectivity index (χ0v) is 15.3. The largest absolute Gasteiger partial charge is 0.444 e. The van der Waals surface area contributed by atoms with E-state index >= 15 is 0 Å². The molecule has 0 aliphatic rings. The smallest absolute Gasteiger partial charge is 0.407 e. The highest BCUT2D eigenvalue weighted by Gasteiger charge is 2.22. The predicted octanol–water partition coefficient (Wildman–Crippen LogP) is 2.88. The van der Waals surface area contributed by atoms with Gasteiger partial charge in [0.15, 0.2) is 0 Å². The second kappa shape index (κ2) is 7.59. The molecule has 2 N–H and O–H groups in total. The van der Waals surface area contributed by atoms with Crippen molar-refractivity contribution in [2.75, 3.05) is 6.54 Å². The Labute approximate surface area is 141 Å². The number of hydrogen-bond donors (Lipinski definition) is 2. The zero-order valence-electron chi connectivity index (χ0n) is 14.5. The third-order valence-corrected chi connectivity index (χ3v) is 3.37. The Morgan fingerprint density at radius 1 is 1.30 bits per heavy atom. The third-order valence-electron chi connectivity index (χ3n) is 2.58. The van der Waals surface area contributed by atoms with Crippen LogP contribution in [-0.4, -0.2) is 34.7 Å². The van der Waals surface area contributed by atoms with Gasteiger partial charge in [0.1, 0.15) is 5.60 Å². The molecule has 0 aromatic carbocycles. The van der Waals surface area contributed by atoms with Gasteiger partial charge < -0.3 is 15.4 Å². The predicted molar refractivity (Wildman–Crippen MR) is 92.3 cm³/mol. The van der Waals surface area contributed by atoms with Gasteiger partial charge in [-0.05, 0) is 47.6 Å². The third kappa shape index (κ3) is 8.35. The lowest BCUT2D eigenvalue weighted by Crippen LogP contribution is -2.51. The van der Waals surface area contributed by atoms with Gasteiger partial charge in [-0.25, -0.2) is 9.78 Å². The van der Waals surface area contributed by atoms with Crippen LogP contribution < -0.4 is 10.6 Å². The molecule has 0 saturated carbocycles. The highest BCUT2D eigenvalue weighted by Crippen LogP contribution is 2.10. The highest BCUT2D eigenvalue weighted by atomic mass is 32.1. The number of hydrogen-bond acceptors (Lipinski definition) is 5. The van der Waals surface area contributed by atoms with Crippen LogP contribution in [0.3, 0.4) is 0 Å². The summed E-state index contributed by atoms with van der Waals surface area (Å²) < 4.78 is 5.16. The molecule has 23 heavy (non-hydrogen) atoms. The number of aromatic nitrogens is 1. The average molecular weight is 339 g/mol. The summed E-state index contributed by atoms with van der Waals surface area (Å²) in [5, 5.41) is 8.32. The molecule has 0 saturated heterocycles. The molecule has 0 atom stereocenters. The van der Waals surface area contributed by atoms with Crippen molar-refractivity contribution < 1.29 is 14.3 Å². The van der Waals surface area contributed by atoms with Crippen LogP contribution in [0.5, 0.6) is 0 Å². The second-order valence-electron chi connectivity index (χ2n) is 6.85. The maximum Gasteiger partial charge on any atom is 0.407 e. The first kappa shape index (κ1) is 19.2. The maximum absolute atomic E-state index is 11.9. The molecular weight excluding hydrogens is 314 g/mol. The fourth-order valence-electron chi connectivity index (χ4n) is 1.64. The van der Waals surface area contributed by atoms with Crippen LogP contribution in [0.1, 0.15) is 45.3 Å². The Balaban J connectivity index is 2.46. The van der Waals surface area contributed by atoms with E-state index < -0.39 is 17.2 Å². The van der Waals surface area contributed by atoms with Crippen molar-refractivity contribution in [3.8, 4) is 0 Å². The van der Waals surface area contributed by atoms with E-state index in [1.54, 1.807) is 26.8 Å². The number of ether oxygens (including phenoxy) is 1. The molecular formula is C16H25N3O3S.